The first-order chi connectivity index (χ1) is 9.72. The molecule has 0 atom stereocenters. The lowest BCUT2D eigenvalue weighted by Gasteiger charge is -2.13. The van der Waals surface area contributed by atoms with Crippen LogP contribution in [0.25, 0.3) is 10.9 Å². The fraction of sp³-hybridized carbons (Fsp3) is 0.471. The van der Waals surface area contributed by atoms with Crippen LogP contribution >= 0.6 is 0 Å². The Morgan fingerprint density at radius 3 is 2.85 bits per heavy atom. The van der Waals surface area contributed by atoms with E-state index in [1.54, 1.807) is 0 Å². The average molecular weight is 270 g/mol. The minimum absolute atomic E-state index is 0.470. The molecule has 20 heavy (non-hydrogen) atoms. The van der Waals surface area contributed by atoms with Gasteiger partial charge in [0.15, 0.2) is 0 Å². The van der Waals surface area contributed by atoms with Crippen LogP contribution in [-0.2, 0) is 6.54 Å². The highest BCUT2D eigenvalue weighted by Gasteiger charge is 2.22. The van der Waals surface area contributed by atoms with Crippen LogP contribution < -0.4 is 10.1 Å². The third-order valence-corrected chi connectivity index (χ3v) is 3.64. The molecule has 1 N–H and O–H groups in total. The zero-order valence-electron chi connectivity index (χ0n) is 12.2. The topological polar surface area (TPSA) is 34.1 Å². The summed E-state index contributed by atoms with van der Waals surface area (Å²) in [6, 6.07) is 10.8. The van der Waals surface area contributed by atoms with Gasteiger partial charge in [-0.1, -0.05) is 32.0 Å². The second-order valence-corrected chi connectivity index (χ2v) is 5.93. The van der Waals surface area contributed by atoms with Crippen LogP contribution in [0, 0.1) is 5.92 Å². The van der Waals surface area contributed by atoms with Gasteiger partial charge in [-0.25, -0.2) is 4.98 Å². The second-order valence-electron chi connectivity index (χ2n) is 5.93. The van der Waals surface area contributed by atoms with E-state index in [1.165, 1.54) is 23.8 Å². The van der Waals surface area contributed by atoms with Gasteiger partial charge in [0.25, 0.3) is 0 Å². The third kappa shape index (κ3) is 3.28. The van der Waals surface area contributed by atoms with Crippen molar-refractivity contribution in [2.75, 3.05) is 6.61 Å². The number of benzene rings is 1. The summed E-state index contributed by atoms with van der Waals surface area (Å²) in [5, 5.41) is 4.68. The number of nitrogens with zero attached hydrogens (tertiary/aromatic N) is 1. The molecule has 0 spiro atoms. The molecule has 1 aliphatic carbocycles. The van der Waals surface area contributed by atoms with Crippen molar-refractivity contribution in [3.05, 3.63) is 35.9 Å². The van der Waals surface area contributed by atoms with E-state index in [0.717, 1.165) is 30.5 Å². The first-order valence-corrected chi connectivity index (χ1v) is 7.47. The monoisotopic (exact) mass is 270 g/mol. The third-order valence-electron chi connectivity index (χ3n) is 3.64. The van der Waals surface area contributed by atoms with E-state index in [9.17, 15) is 0 Å². The van der Waals surface area contributed by atoms with E-state index in [4.69, 9.17) is 4.74 Å². The van der Waals surface area contributed by atoms with Gasteiger partial charge in [-0.05, 0) is 30.4 Å². The van der Waals surface area contributed by atoms with Crippen LogP contribution in [0.15, 0.2) is 30.3 Å². The van der Waals surface area contributed by atoms with Gasteiger partial charge in [0.05, 0.1) is 12.1 Å². The molecule has 3 rings (SSSR count). The molecule has 1 aromatic carbocycles. The molecular weight excluding hydrogens is 248 g/mol. The standard InChI is InChI=1S/C17H22N2O/c1-12(2)18-10-14-9-17(20-11-13-7-8-13)19-16-6-4-3-5-15(14)16/h3-6,9,12-13,18H,7-8,10-11H2,1-2H3. The molecule has 2 aromatic rings. The summed E-state index contributed by atoms with van der Waals surface area (Å²) in [6.45, 7) is 5.98. The summed E-state index contributed by atoms with van der Waals surface area (Å²) in [5.41, 5.74) is 2.27. The molecule has 1 aromatic heterocycles. The minimum atomic E-state index is 0.470. The van der Waals surface area contributed by atoms with Crippen LogP contribution in [0.3, 0.4) is 0 Å². The zero-order valence-corrected chi connectivity index (χ0v) is 12.2. The maximum absolute atomic E-state index is 5.85. The second kappa shape index (κ2) is 5.80. The first-order valence-electron chi connectivity index (χ1n) is 7.47. The Morgan fingerprint density at radius 2 is 2.10 bits per heavy atom. The lowest BCUT2D eigenvalue weighted by molar-refractivity contribution is 0.289. The van der Waals surface area contributed by atoms with Crippen molar-refractivity contribution in [2.24, 2.45) is 5.92 Å². The van der Waals surface area contributed by atoms with E-state index in [2.05, 4.69) is 48.4 Å². The molecule has 0 bridgehead atoms. The first kappa shape index (κ1) is 13.4. The van der Waals surface area contributed by atoms with Crippen LogP contribution in [-0.4, -0.2) is 17.6 Å². The van der Waals surface area contributed by atoms with Gasteiger partial charge in [0, 0.05) is 24.0 Å². The minimum Gasteiger partial charge on any atom is -0.477 e. The van der Waals surface area contributed by atoms with E-state index in [-0.39, 0.29) is 0 Å². The Bertz CT molecular complexity index is 591. The predicted octanol–water partition coefficient (Wildman–Crippen LogP) is 3.52. The fourth-order valence-corrected chi connectivity index (χ4v) is 2.24. The number of nitrogens with one attached hydrogen (secondary N) is 1. The summed E-state index contributed by atoms with van der Waals surface area (Å²) in [6.07, 6.45) is 2.60. The Morgan fingerprint density at radius 1 is 1.30 bits per heavy atom. The van der Waals surface area contributed by atoms with Gasteiger partial charge >= 0.3 is 0 Å². The molecule has 3 heteroatoms. The Hall–Kier alpha value is -1.61. The Labute approximate surface area is 120 Å². The number of aromatic nitrogens is 1. The summed E-state index contributed by atoms with van der Waals surface area (Å²) >= 11 is 0. The van der Waals surface area contributed by atoms with E-state index >= 15 is 0 Å². The van der Waals surface area contributed by atoms with Crippen LogP contribution in [0.5, 0.6) is 5.88 Å². The van der Waals surface area contributed by atoms with Gasteiger partial charge in [0.1, 0.15) is 0 Å². The van der Waals surface area contributed by atoms with Crippen LogP contribution in [0.4, 0.5) is 0 Å². The molecule has 1 aliphatic rings. The molecule has 1 saturated carbocycles. The van der Waals surface area contributed by atoms with Crippen molar-refractivity contribution < 1.29 is 4.74 Å². The van der Waals surface area contributed by atoms with Gasteiger partial charge in [-0.3, -0.25) is 0 Å². The number of fused-ring (bicyclic) bond motifs is 1. The lowest BCUT2D eigenvalue weighted by Crippen LogP contribution is -2.22. The molecule has 1 fully saturated rings. The van der Waals surface area contributed by atoms with Crippen molar-refractivity contribution in [1.82, 2.24) is 10.3 Å². The van der Waals surface area contributed by atoms with E-state index in [1.807, 2.05) is 6.07 Å². The highest BCUT2D eigenvalue weighted by molar-refractivity contribution is 5.82. The predicted molar refractivity (Wildman–Crippen MR) is 81.9 cm³/mol. The Balaban J connectivity index is 1.86. The van der Waals surface area contributed by atoms with Crippen molar-refractivity contribution in [2.45, 2.75) is 39.3 Å². The van der Waals surface area contributed by atoms with Crippen molar-refractivity contribution >= 4 is 10.9 Å². The molecule has 0 saturated heterocycles. The molecule has 1 heterocycles. The largest absolute Gasteiger partial charge is 0.477 e. The highest BCUT2D eigenvalue weighted by Crippen LogP contribution is 2.30. The van der Waals surface area contributed by atoms with E-state index < -0.39 is 0 Å². The van der Waals surface area contributed by atoms with Crippen LogP contribution in [0.2, 0.25) is 0 Å². The van der Waals surface area contributed by atoms with Gasteiger partial charge in [-0.15, -0.1) is 0 Å². The van der Waals surface area contributed by atoms with Gasteiger partial charge in [-0.2, -0.15) is 0 Å². The zero-order chi connectivity index (χ0) is 13.9. The molecular formula is C17H22N2O. The highest BCUT2D eigenvalue weighted by atomic mass is 16.5. The van der Waals surface area contributed by atoms with Gasteiger partial charge in [0.2, 0.25) is 5.88 Å². The normalized spacial score (nSPS) is 14.9. The van der Waals surface area contributed by atoms with Gasteiger partial charge < -0.3 is 10.1 Å². The smallest absolute Gasteiger partial charge is 0.214 e. The molecule has 3 nitrogen and oxygen atoms in total. The van der Waals surface area contributed by atoms with Crippen molar-refractivity contribution in [3.63, 3.8) is 0 Å². The number of hydrogen-bond acceptors (Lipinski definition) is 3. The average Bonchev–Trinajstić information content (AvgIpc) is 3.26. The molecule has 0 aliphatic heterocycles. The lowest BCUT2D eigenvalue weighted by atomic mass is 10.1. The number of para-hydroxylation sites is 1. The maximum atomic E-state index is 5.85. The number of rotatable bonds is 6. The van der Waals surface area contributed by atoms with Crippen molar-refractivity contribution in [1.29, 1.82) is 0 Å². The summed E-state index contributed by atoms with van der Waals surface area (Å²) in [4.78, 5) is 4.61. The van der Waals surface area contributed by atoms with Crippen molar-refractivity contribution in [3.8, 4) is 5.88 Å². The molecule has 106 valence electrons. The summed E-state index contributed by atoms with van der Waals surface area (Å²) in [7, 11) is 0. The molecule has 0 radical (unpaired) electrons. The molecule has 0 unspecified atom stereocenters. The number of hydrogen-bond donors (Lipinski definition) is 1. The maximum Gasteiger partial charge on any atom is 0.214 e. The van der Waals surface area contributed by atoms with E-state index in [0.29, 0.717) is 6.04 Å². The SMILES string of the molecule is CC(C)NCc1cc(OCC2CC2)nc2ccccc12. The summed E-state index contributed by atoms with van der Waals surface area (Å²) < 4.78 is 5.85. The Kier molecular flexibility index (Phi) is 3.88. The quantitative estimate of drug-likeness (QED) is 0.872. The summed E-state index contributed by atoms with van der Waals surface area (Å²) in [5.74, 6) is 1.51. The number of ether oxygens (including phenoxy) is 1. The van der Waals surface area contributed by atoms with Crippen LogP contribution in [0.1, 0.15) is 32.3 Å². The fourth-order valence-electron chi connectivity index (χ4n) is 2.24. The number of pyridine rings is 1. The molecule has 0 amide bonds.